The average Bonchev–Trinajstić information content (AvgIpc) is 3.13. The maximum atomic E-state index is 13.1. The summed E-state index contributed by atoms with van der Waals surface area (Å²) >= 11 is 0. The Morgan fingerprint density at radius 1 is 0.883 bits per heavy atom. The van der Waals surface area contributed by atoms with E-state index in [0.717, 1.165) is 6.42 Å². The SMILES string of the molecule is CO[C@@H]1[C@@H](O[C@@H]2O[C@H](C)[C@@H](O[C@H]3C[C@@](C)(O)[C@@H](O)[C@H](C)O3)[C@H](N(C)C)[C@H]2O)[C@@H](CC(N)=O)C[C@@H](C)[C@@H](O[C@H]2CC[C@H](N(C)C)[C@@H](C)O2)/C=C/C=C/C[C@@H](C)OC(=O)C[C@H]1O. The van der Waals surface area contributed by atoms with Crippen LogP contribution in [0, 0.1) is 11.8 Å². The first-order chi connectivity index (χ1) is 28.1. The van der Waals surface area contributed by atoms with Crippen LogP contribution in [0.3, 0.4) is 0 Å². The highest BCUT2D eigenvalue weighted by Gasteiger charge is 2.52. The third-order valence-corrected chi connectivity index (χ3v) is 12.4. The Morgan fingerprint density at radius 2 is 1.57 bits per heavy atom. The molecule has 17 heteroatoms. The number of rotatable bonds is 11. The summed E-state index contributed by atoms with van der Waals surface area (Å²) in [5.41, 5.74) is 4.43. The number of amides is 1. The first-order valence-electron chi connectivity index (χ1n) is 21.5. The third kappa shape index (κ3) is 13.5. The topological polar surface area (TPSA) is 221 Å². The summed E-state index contributed by atoms with van der Waals surface area (Å²) in [7, 11) is 8.97. The van der Waals surface area contributed by atoms with Crippen LogP contribution in [0.5, 0.6) is 0 Å². The first-order valence-corrected chi connectivity index (χ1v) is 21.5. The molecule has 0 aromatic heterocycles. The van der Waals surface area contributed by atoms with Gasteiger partial charge in [-0.1, -0.05) is 31.2 Å². The van der Waals surface area contributed by atoms with Gasteiger partial charge in [-0.25, -0.2) is 0 Å². The number of nitrogens with zero attached hydrogens (tertiary/aromatic N) is 2. The Morgan fingerprint density at radius 3 is 2.17 bits per heavy atom. The zero-order valence-electron chi connectivity index (χ0n) is 37.5. The number of aliphatic hydroxyl groups is 4. The Balaban J connectivity index is 1.69. The summed E-state index contributed by atoms with van der Waals surface area (Å²) in [6.45, 7) is 10.7. The van der Waals surface area contributed by atoms with E-state index in [2.05, 4.69) is 4.90 Å². The molecule has 6 N–H and O–H groups in total. The Kier molecular flexibility index (Phi) is 19.0. The lowest BCUT2D eigenvalue weighted by molar-refractivity contribution is -0.344. The standard InChI is InChI=1S/C43H75N3O14/c1-23-19-28(20-32(44)48)39(60-42-37(50)36(46(9)10)38(26(4)57-42)59-35-22-43(6,52)41(51)27(5)56-35)40(53-11)30(47)21-33(49)54-24(2)15-13-12-14-16-31(23)58-34-18-17-29(45(7)8)25(3)55-34/h12-14,16,23-31,34-42,47,50-52H,15,17-22H2,1-11H3,(H2,44,48)/b13-12+,16-14+/t23-,24-,25-,26-,27+,28-,29+,30-,31+,34+,35+,36-,37-,38-,39+,40+,41+,42+,43-/m1/s1. The van der Waals surface area contributed by atoms with Crippen molar-refractivity contribution in [3.63, 3.8) is 0 Å². The molecule has 4 aliphatic heterocycles. The van der Waals surface area contributed by atoms with Gasteiger partial charge in [-0.15, -0.1) is 0 Å². The van der Waals surface area contributed by atoms with Gasteiger partial charge in [-0.2, -0.15) is 0 Å². The van der Waals surface area contributed by atoms with Crippen molar-refractivity contribution in [1.29, 1.82) is 0 Å². The van der Waals surface area contributed by atoms with E-state index in [-0.39, 0.29) is 37.3 Å². The van der Waals surface area contributed by atoms with Crippen LogP contribution in [0.1, 0.15) is 86.5 Å². The van der Waals surface area contributed by atoms with Crippen LogP contribution in [0.25, 0.3) is 0 Å². The van der Waals surface area contributed by atoms with Crippen molar-refractivity contribution in [3.8, 4) is 0 Å². The average molecular weight is 858 g/mol. The van der Waals surface area contributed by atoms with Gasteiger partial charge < -0.3 is 73.9 Å². The van der Waals surface area contributed by atoms with Crippen LogP contribution in [-0.2, 0) is 47.5 Å². The van der Waals surface area contributed by atoms with E-state index in [4.69, 9.17) is 43.6 Å². The minimum Gasteiger partial charge on any atom is -0.462 e. The van der Waals surface area contributed by atoms with Gasteiger partial charge in [-0.05, 0) is 93.9 Å². The van der Waals surface area contributed by atoms with Crippen LogP contribution < -0.4 is 5.73 Å². The summed E-state index contributed by atoms with van der Waals surface area (Å²) < 4.78 is 50.0. The number of carbonyl (C=O) groups excluding carboxylic acids is 2. The summed E-state index contributed by atoms with van der Waals surface area (Å²) in [6, 6.07) is -0.509. The summed E-state index contributed by atoms with van der Waals surface area (Å²) in [5.74, 6) is -2.31. The molecule has 17 nitrogen and oxygen atoms in total. The van der Waals surface area contributed by atoms with Gasteiger partial charge in [0.15, 0.2) is 18.9 Å². The van der Waals surface area contributed by atoms with Gasteiger partial charge in [0.05, 0.1) is 54.7 Å². The zero-order valence-corrected chi connectivity index (χ0v) is 37.5. The molecule has 0 radical (unpaired) electrons. The van der Waals surface area contributed by atoms with E-state index in [1.54, 1.807) is 39.8 Å². The number of likely N-dealkylation sites (N-methyl/N-ethyl adjacent to an activating group) is 2. The van der Waals surface area contributed by atoms with E-state index in [1.807, 2.05) is 52.2 Å². The highest BCUT2D eigenvalue weighted by Crippen LogP contribution is 2.37. The van der Waals surface area contributed by atoms with E-state index in [9.17, 15) is 30.0 Å². The van der Waals surface area contributed by atoms with Crippen LogP contribution in [0.15, 0.2) is 24.3 Å². The summed E-state index contributed by atoms with van der Waals surface area (Å²) in [5, 5.41) is 45.2. The maximum absolute atomic E-state index is 13.1. The quantitative estimate of drug-likeness (QED) is 0.186. The largest absolute Gasteiger partial charge is 0.462 e. The third-order valence-electron chi connectivity index (χ3n) is 12.4. The van der Waals surface area contributed by atoms with Crippen LogP contribution in [0.2, 0.25) is 0 Å². The van der Waals surface area contributed by atoms with Crippen molar-refractivity contribution < 1.29 is 67.9 Å². The minimum atomic E-state index is -1.48. The summed E-state index contributed by atoms with van der Waals surface area (Å²) in [6.07, 6.45) is -3.26. The normalized spacial score (nSPS) is 45.2. The zero-order chi connectivity index (χ0) is 44.6. The molecule has 0 aliphatic carbocycles. The van der Waals surface area contributed by atoms with Crippen molar-refractivity contribution in [3.05, 3.63) is 24.3 Å². The number of carbonyl (C=O) groups is 2. The van der Waals surface area contributed by atoms with Gasteiger partial charge >= 0.3 is 5.97 Å². The van der Waals surface area contributed by atoms with E-state index in [1.165, 1.54) is 14.0 Å². The van der Waals surface area contributed by atoms with Crippen molar-refractivity contribution in [2.45, 2.75) is 190 Å². The molecule has 3 saturated heterocycles. The molecule has 3 fully saturated rings. The van der Waals surface area contributed by atoms with Gasteiger partial charge in [0.25, 0.3) is 0 Å². The highest BCUT2D eigenvalue weighted by molar-refractivity contribution is 5.74. The van der Waals surface area contributed by atoms with Crippen LogP contribution in [-0.4, -0.2) is 181 Å². The molecule has 346 valence electrons. The Labute approximate surface area is 356 Å². The second kappa shape index (κ2) is 22.5. The molecule has 4 aliphatic rings. The van der Waals surface area contributed by atoms with Gasteiger partial charge in [-0.3, -0.25) is 9.59 Å². The molecular weight excluding hydrogens is 782 g/mol. The molecular formula is C43H75N3O14. The lowest BCUT2D eigenvalue weighted by Gasteiger charge is -2.50. The molecule has 0 spiro atoms. The molecule has 19 atom stereocenters. The van der Waals surface area contributed by atoms with Gasteiger partial charge in [0.2, 0.25) is 5.91 Å². The predicted octanol–water partition coefficient (Wildman–Crippen LogP) is 1.61. The van der Waals surface area contributed by atoms with Crippen molar-refractivity contribution in [2.75, 3.05) is 35.3 Å². The first kappa shape index (κ1) is 50.5. The number of hydrogen-bond donors (Lipinski definition) is 5. The monoisotopic (exact) mass is 858 g/mol. The van der Waals surface area contributed by atoms with E-state index in [0.29, 0.717) is 12.8 Å². The number of methoxy groups -OCH3 is 1. The van der Waals surface area contributed by atoms with Crippen molar-refractivity contribution in [2.24, 2.45) is 17.6 Å². The fraction of sp³-hybridized carbons (Fsp3) is 0.860. The van der Waals surface area contributed by atoms with Gasteiger partial charge in [0.1, 0.15) is 30.5 Å². The smallest absolute Gasteiger partial charge is 0.308 e. The highest BCUT2D eigenvalue weighted by atomic mass is 16.7. The molecule has 0 bridgehead atoms. The number of allylic oxidation sites excluding steroid dienone is 2. The van der Waals surface area contributed by atoms with Crippen molar-refractivity contribution in [1.82, 2.24) is 9.80 Å². The predicted molar refractivity (Wildman–Crippen MR) is 220 cm³/mol. The number of nitrogens with two attached hydrogens (primary N) is 1. The number of aliphatic hydroxyl groups excluding tert-OH is 3. The Hall–Kier alpha value is -2.10. The molecule has 0 aromatic carbocycles. The molecule has 0 unspecified atom stereocenters. The van der Waals surface area contributed by atoms with Gasteiger partial charge in [0, 0.05) is 32.4 Å². The molecule has 1 amide bonds. The number of ether oxygens (including phenoxy) is 8. The lowest BCUT2D eigenvalue weighted by Crippen LogP contribution is -2.65. The molecule has 4 heterocycles. The van der Waals surface area contributed by atoms with Crippen molar-refractivity contribution >= 4 is 11.9 Å². The second-order valence-corrected chi connectivity index (χ2v) is 18.1. The van der Waals surface area contributed by atoms with Crippen LogP contribution in [0.4, 0.5) is 0 Å². The second-order valence-electron chi connectivity index (χ2n) is 18.1. The van der Waals surface area contributed by atoms with E-state index >= 15 is 0 Å². The number of esters is 1. The molecule has 0 aromatic rings. The fourth-order valence-electron chi connectivity index (χ4n) is 9.20. The Bertz CT molecular complexity index is 1420. The number of hydrogen-bond acceptors (Lipinski definition) is 16. The molecule has 60 heavy (non-hydrogen) atoms. The molecule has 4 rings (SSSR count). The van der Waals surface area contributed by atoms with E-state index < -0.39 is 116 Å². The summed E-state index contributed by atoms with van der Waals surface area (Å²) in [4.78, 5) is 29.9. The molecule has 0 saturated carbocycles. The number of primary amides is 1. The maximum Gasteiger partial charge on any atom is 0.308 e. The number of cyclic esters (lactones) is 1. The lowest BCUT2D eigenvalue weighted by atomic mass is 9.82. The minimum absolute atomic E-state index is 0.0275. The fourth-order valence-corrected chi connectivity index (χ4v) is 9.20. The van der Waals surface area contributed by atoms with Crippen LogP contribution >= 0.6 is 0 Å².